The van der Waals surface area contributed by atoms with Gasteiger partial charge in [0, 0.05) is 23.8 Å². The van der Waals surface area contributed by atoms with Crippen molar-refractivity contribution in [1.29, 1.82) is 0 Å². The topological polar surface area (TPSA) is 49.0 Å². The molecule has 0 fully saturated rings. The third-order valence-electron chi connectivity index (χ3n) is 3.35. The minimum atomic E-state index is -0.0733. The van der Waals surface area contributed by atoms with Crippen molar-refractivity contribution >= 4 is 17.5 Å². The first kappa shape index (κ1) is 14.6. The number of aromatic nitrogens is 2. The Labute approximate surface area is 123 Å². The molecule has 2 aromatic rings. The number of aryl methyl sites for hydroxylation is 1. The van der Waals surface area contributed by atoms with E-state index in [-0.39, 0.29) is 11.9 Å². The van der Waals surface area contributed by atoms with Crippen LogP contribution in [0.2, 0.25) is 5.02 Å². The van der Waals surface area contributed by atoms with Gasteiger partial charge in [-0.25, -0.2) is 0 Å². The molecule has 0 aliphatic rings. The number of nitrogens with one attached hydrogen (secondary N) is 1. The maximum Gasteiger partial charge on any atom is 0.274 e. The number of aromatic amines is 1. The van der Waals surface area contributed by atoms with E-state index in [9.17, 15) is 4.79 Å². The first-order chi connectivity index (χ1) is 9.47. The normalized spacial score (nSPS) is 12.2. The van der Waals surface area contributed by atoms with Crippen LogP contribution in [-0.2, 0) is 6.42 Å². The fourth-order valence-corrected chi connectivity index (χ4v) is 2.13. The van der Waals surface area contributed by atoms with Crippen LogP contribution in [0.1, 0.15) is 28.7 Å². The van der Waals surface area contributed by atoms with Gasteiger partial charge >= 0.3 is 0 Å². The minimum absolute atomic E-state index is 0.0733. The monoisotopic (exact) mass is 291 g/mol. The predicted molar refractivity (Wildman–Crippen MR) is 80.0 cm³/mol. The molecule has 20 heavy (non-hydrogen) atoms. The summed E-state index contributed by atoms with van der Waals surface area (Å²) in [6.45, 7) is 3.90. The van der Waals surface area contributed by atoms with E-state index < -0.39 is 0 Å². The van der Waals surface area contributed by atoms with Crippen LogP contribution in [0.15, 0.2) is 30.3 Å². The van der Waals surface area contributed by atoms with Gasteiger partial charge in [0.25, 0.3) is 5.91 Å². The van der Waals surface area contributed by atoms with Gasteiger partial charge in [0.15, 0.2) is 0 Å². The number of benzene rings is 1. The van der Waals surface area contributed by atoms with E-state index in [1.807, 2.05) is 38.1 Å². The van der Waals surface area contributed by atoms with Crippen LogP contribution in [0.5, 0.6) is 0 Å². The lowest BCUT2D eigenvalue weighted by molar-refractivity contribution is 0.0737. The van der Waals surface area contributed by atoms with Gasteiger partial charge in [-0.3, -0.25) is 9.89 Å². The van der Waals surface area contributed by atoms with Crippen molar-refractivity contribution in [3.63, 3.8) is 0 Å². The zero-order chi connectivity index (χ0) is 14.7. The standard InChI is InChI=1S/C15H18ClN3O/c1-10-8-14(18-17-10)15(20)19(3)11(2)9-12-4-6-13(16)7-5-12/h4-8,11H,9H2,1-3H3,(H,17,18)/t11-/m0/s1. The number of carbonyl (C=O) groups excluding carboxylic acids is 1. The Morgan fingerprint density at radius 1 is 1.40 bits per heavy atom. The molecular weight excluding hydrogens is 274 g/mol. The summed E-state index contributed by atoms with van der Waals surface area (Å²) in [4.78, 5) is 14.0. The van der Waals surface area contributed by atoms with Gasteiger partial charge in [-0.05, 0) is 44.0 Å². The number of amides is 1. The summed E-state index contributed by atoms with van der Waals surface area (Å²) in [7, 11) is 1.80. The van der Waals surface area contributed by atoms with Crippen LogP contribution >= 0.6 is 11.6 Å². The van der Waals surface area contributed by atoms with Crippen molar-refractivity contribution in [2.24, 2.45) is 0 Å². The van der Waals surface area contributed by atoms with Crippen molar-refractivity contribution in [1.82, 2.24) is 15.1 Å². The molecule has 1 heterocycles. The Balaban J connectivity index is 2.03. The number of carbonyl (C=O) groups is 1. The second-order valence-electron chi connectivity index (χ2n) is 5.03. The fourth-order valence-electron chi connectivity index (χ4n) is 2.01. The maximum absolute atomic E-state index is 12.3. The summed E-state index contributed by atoms with van der Waals surface area (Å²) in [6.07, 6.45) is 0.781. The number of hydrogen-bond acceptors (Lipinski definition) is 2. The summed E-state index contributed by atoms with van der Waals surface area (Å²) >= 11 is 5.87. The number of likely N-dealkylation sites (N-methyl/N-ethyl adjacent to an activating group) is 1. The molecule has 0 bridgehead atoms. The molecule has 0 aliphatic heterocycles. The van der Waals surface area contributed by atoms with E-state index in [1.54, 1.807) is 18.0 Å². The molecule has 1 aromatic heterocycles. The highest BCUT2D eigenvalue weighted by Gasteiger charge is 2.19. The number of hydrogen-bond donors (Lipinski definition) is 1. The van der Waals surface area contributed by atoms with Crippen molar-refractivity contribution < 1.29 is 4.79 Å². The van der Waals surface area contributed by atoms with Gasteiger partial charge in [0.05, 0.1) is 0 Å². The average Bonchev–Trinajstić information content (AvgIpc) is 2.86. The predicted octanol–water partition coefficient (Wildman–Crippen LogP) is 3.07. The minimum Gasteiger partial charge on any atom is -0.337 e. The molecule has 1 amide bonds. The van der Waals surface area contributed by atoms with Gasteiger partial charge in [-0.15, -0.1) is 0 Å². The van der Waals surface area contributed by atoms with E-state index in [0.29, 0.717) is 5.69 Å². The third kappa shape index (κ3) is 3.39. The van der Waals surface area contributed by atoms with Gasteiger partial charge < -0.3 is 4.90 Å². The summed E-state index contributed by atoms with van der Waals surface area (Å²) in [5, 5.41) is 7.51. The van der Waals surface area contributed by atoms with Crippen LogP contribution in [0.4, 0.5) is 0 Å². The number of H-pyrrole nitrogens is 1. The zero-order valence-corrected chi connectivity index (χ0v) is 12.6. The lowest BCUT2D eigenvalue weighted by atomic mass is 10.1. The largest absolute Gasteiger partial charge is 0.337 e. The molecule has 0 unspecified atom stereocenters. The number of nitrogens with zero attached hydrogens (tertiary/aromatic N) is 2. The van der Waals surface area contributed by atoms with E-state index in [1.165, 1.54) is 0 Å². The van der Waals surface area contributed by atoms with Crippen molar-refractivity contribution in [2.45, 2.75) is 26.3 Å². The fraction of sp³-hybridized carbons (Fsp3) is 0.333. The molecule has 106 valence electrons. The zero-order valence-electron chi connectivity index (χ0n) is 11.9. The molecule has 5 heteroatoms. The van der Waals surface area contributed by atoms with Crippen molar-refractivity contribution in [2.75, 3.05) is 7.05 Å². The Morgan fingerprint density at radius 3 is 2.60 bits per heavy atom. The van der Waals surface area contributed by atoms with E-state index in [2.05, 4.69) is 10.2 Å². The Morgan fingerprint density at radius 2 is 2.05 bits per heavy atom. The molecule has 0 aliphatic carbocycles. The van der Waals surface area contributed by atoms with Crippen LogP contribution in [0.3, 0.4) is 0 Å². The summed E-state index contributed by atoms with van der Waals surface area (Å²) < 4.78 is 0. The van der Waals surface area contributed by atoms with Gasteiger partial charge in [-0.2, -0.15) is 5.10 Å². The summed E-state index contributed by atoms with van der Waals surface area (Å²) in [5.41, 5.74) is 2.49. The highest BCUT2D eigenvalue weighted by Crippen LogP contribution is 2.14. The van der Waals surface area contributed by atoms with Crippen LogP contribution in [0, 0.1) is 6.92 Å². The molecule has 1 aromatic carbocycles. The molecule has 0 saturated carbocycles. The van der Waals surface area contributed by atoms with E-state index >= 15 is 0 Å². The van der Waals surface area contributed by atoms with Gasteiger partial charge in [0.1, 0.15) is 5.69 Å². The quantitative estimate of drug-likeness (QED) is 0.941. The smallest absolute Gasteiger partial charge is 0.274 e. The van der Waals surface area contributed by atoms with Crippen molar-refractivity contribution in [3.05, 3.63) is 52.3 Å². The molecule has 0 spiro atoms. The Hall–Kier alpha value is -1.81. The first-order valence-electron chi connectivity index (χ1n) is 6.51. The van der Waals surface area contributed by atoms with Gasteiger partial charge in [-0.1, -0.05) is 23.7 Å². The van der Waals surface area contributed by atoms with Gasteiger partial charge in [0.2, 0.25) is 0 Å². The molecule has 1 atom stereocenters. The maximum atomic E-state index is 12.3. The highest BCUT2D eigenvalue weighted by molar-refractivity contribution is 6.30. The molecule has 1 N–H and O–H groups in total. The second-order valence-corrected chi connectivity index (χ2v) is 5.47. The van der Waals surface area contributed by atoms with E-state index in [4.69, 9.17) is 11.6 Å². The van der Waals surface area contributed by atoms with Crippen LogP contribution < -0.4 is 0 Å². The van der Waals surface area contributed by atoms with Crippen molar-refractivity contribution in [3.8, 4) is 0 Å². The van der Waals surface area contributed by atoms with Crippen LogP contribution in [0.25, 0.3) is 0 Å². The molecule has 4 nitrogen and oxygen atoms in total. The molecular formula is C15H18ClN3O. The Kier molecular flexibility index (Phi) is 4.45. The van der Waals surface area contributed by atoms with E-state index in [0.717, 1.165) is 22.7 Å². The second kappa shape index (κ2) is 6.09. The summed E-state index contributed by atoms with van der Waals surface area (Å²) in [6, 6.07) is 9.53. The lowest BCUT2D eigenvalue weighted by Crippen LogP contribution is -2.36. The number of halogens is 1. The summed E-state index contributed by atoms with van der Waals surface area (Å²) in [5.74, 6) is -0.0733. The first-order valence-corrected chi connectivity index (χ1v) is 6.89. The Bertz CT molecular complexity index is 591. The molecule has 0 radical (unpaired) electrons. The lowest BCUT2D eigenvalue weighted by Gasteiger charge is -2.24. The third-order valence-corrected chi connectivity index (χ3v) is 3.60. The molecule has 2 rings (SSSR count). The highest BCUT2D eigenvalue weighted by atomic mass is 35.5. The average molecular weight is 292 g/mol. The van der Waals surface area contributed by atoms with Crippen LogP contribution in [-0.4, -0.2) is 34.1 Å². The SMILES string of the molecule is Cc1cc(C(=O)N(C)[C@@H](C)Cc2ccc(Cl)cc2)n[nH]1. The molecule has 0 saturated heterocycles. The number of rotatable bonds is 4.